The largest absolute Gasteiger partial charge is 0.369 e. The van der Waals surface area contributed by atoms with Gasteiger partial charge in [0.25, 0.3) is 5.56 Å². The molecule has 0 bridgehead atoms. The van der Waals surface area contributed by atoms with E-state index in [0.717, 1.165) is 5.56 Å². The highest BCUT2D eigenvalue weighted by Crippen LogP contribution is 2.17. The summed E-state index contributed by atoms with van der Waals surface area (Å²) in [5.41, 5.74) is 6.46. The summed E-state index contributed by atoms with van der Waals surface area (Å²) >= 11 is 0. The van der Waals surface area contributed by atoms with E-state index in [2.05, 4.69) is 4.98 Å². The number of amides is 2. The molecule has 0 unspecified atom stereocenters. The highest BCUT2D eigenvalue weighted by Gasteiger charge is 2.26. The third-order valence-corrected chi connectivity index (χ3v) is 4.50. The Hall–Kier alpha value is -2.96. The van der Waals surface area contributed by atoms with Gasteiger partial charge in [-0.3, -0.25) is 19.0 Å². The van der Waals surface area contributed by atoms with Crippen molar-refractivity contribution in [2.75, 3.05) is 13.1 Å². The highest BCUT2D eigenvalue weighted by molar-refractivity contribution is 5.78. The molecule has 1 saturated heterocycles. The molecule has 0 spiro atoms. The predicted molar refractivity (Wildman–Crippen MR) is 92.4 cm³/mol. The molecule has 7 heteroatoms. The molecular formula is C18H20N4O3. The molecule has 0 aliphatic carbocycles. The quantitative estimate of drug-likeness (QED) is 0.883. The molecule has 1 aromatic heterocycles. The lowest BCUT2D eigenvalue weighted by Gasteiger charge is -2.30. The molecule has 3 rings (SSSR count). The maximum Gasteiger partial charge on any atom is 0.254 e. The third kappa shape index (κ3) is 3.93. The van der Waals surface area contributed by atoms with Gasteiger partial charge in [0.2, 0.25) is 11.8 Å². The molecule has 7 nitrogen and oxygen atoms in total. The van der Waals surface area contributed by atoms with Gasteiger partial charge in [-0.05, 0) is 12.8 Å². The minimum absolute atomic E-state index is 0.0534. The molecule has 2 aromatic rings. The Morgan fingerprint density at radius 1 is 1.16 bits per heavy atom. The summed E-state index contributed by atoms with van der Waals surface area (Å²) < 4.78 is 1.30. The second-order valence-corrected chi connectivity index (χ2v) is 6.16. The van der Waals surface area contributed by atoms with E-state index in [9.17, 15) is 14.4 Å². The van der Waals surface area contributed by atoms with E-state index >= 15 is 0 Å². The number of primary amides is 1. The van der Waals surface area contributed by atoms with Crippen LogP contribution in [-0.4, -0.2) is 39.4 Å². The van der Waals surface area contributed by atoms with Crippen LogP contribution in [0.5, 0.6) is 0 Å². The Kier molecular flexibility index (Phi) is 4.92. The number of benzene rings is 1. The number of nitrogens with zero attached hydrogens (tertiary/aromatic N) is 3. The zero-order valence-electron chi connectivity index (χ0n) is 13.8. The van der Waals surface area contributed by atoms with Crippen LogP contribution in [0.3, 0.4) is 0 Å². The standard InChI is InChI=1S/C18H20N4O3/c19-18(25)14-6-8-21(9-7-14)17(24)11-22-12-20-15(10-16(22)23)13-4-2-1-3-5-13/h1-5,10,12,14H,6-9,11H2,(H2,19,25). The lowest BCUT2D eigenvalue weighted by atomic mass is 9.96. The lowest BCUT2D eigenvalue weighted by molar-refractivity contribution is -0.135. The maximum atomic E-state index is 12.4. The third-order valence-electron chi connectivity index (χ3n) is 4.50. The van der Waals surface area contributed by atoms with Crippen LogP contribution >= 0.6 is 0 Å². The summed E-state index contributed by atoms with van der Waals surface area (Å²) in [5, 5.41) is 0. The molecule has 2 N–H and O–H groups in total. The summed E-state index contributed by atoms with van der Waals surface area (Å²) in [6, 6.07) is 10.8. The molecule has 1 aromatic carbocycles. The Morgan fingerprint density at radius 3 is 2.44 bits per heavy atom. The minimum atomic E-state index is -0.316. The normalized spacial score (nSPS) is 15.1. The number of likely N-dealkylation sites (tertiary alicyclic amines) is 1. The Balaban J connectivity index is 1.66. The van der Waals surface area contributed by atoms with Crippen molar-refractivity contribution in [3.63, 3.8) is 0 Å². The first-order chi connectivity index (χ1) is 12.0. The Morgan fingerprint density at radius 2 is 1.84 bits per heavy atom. The van der Waals surface area contributed by atoms with Crippen LogP contribution in [0.25, 0.3) is 11.3 Å². The fourth-order valence-electron chi connectivity index (χ4n) is 2.97. The number of nitrogens with two attached hydrogens (primary N) is 1. The van der Waals surface area contributed by atoms with Crippen LogP contribution in [0.2, 0.25) is 0 Å². The smallest absolute Gasteiger partial charge is 0.254 e. The van der Waals surface area contributed by atoms with Crippen molar-refractivity contribution in [2.45, 2.75) is 19.4 Å². The second-order valence-electron chi connectivity index (χ2n) is 6.16. The average Bonchev–Trinajstić information content (AvgIpc) is 2.64. The van der Waals surface area contributed by atoms with Crippen molar-refractivity contribution >= 4 is 11.8 Å². The molecule has 0 radical (unpaired) electrons. The van der Waals surface area contributed by atoms with Crippen LogP contribution in [0.1, 0.15) is 12.8 Å². The van der Waals surface area contributed by atoms with Gasteiger partial charge < -0.3 is 10.6 Å². The number of carbonyl (C=O) groups is 2. The van der Waals surface area contributed by atoms with Crippen LogP contribution in [0, 0.1) is 5.92 Å². The molecule has 2 amide bonds. The minimum Gasteiger partial charge on any atom is -0.369 e. The number of carbonyl (C=O) groups excluding carboxylic acids is 2. The number of rotatable bonds is 4. The first-order valence-electron chi connectivity index (χ1n) is 8.23. The zero-order valence-corrected chi connectivity index (χ0v) is 13.8. The number of hydrogen-bond acceptors (Lipinski definition) is 4. The van der Waals surface area contributed by atoms with Crippen molar-refractivity contribution in [1.29, 1.82) is 0 Å². The van der Waals surface area contributed by atoms with Crippen molar-refractivity contribution in [2.24, 2.45) is 11.7 Å². The highest BCUT2D eigenvalue weighted by atomic mass is 16.2. The van der Waals surface area contributed by atoms with Gasteiger partial charge in [0.05, 0.1) is 12.0 Å². The Labute approximate surface area is 145 Å². The van der Waals surface area contributed by atoms with Crippen LogP contribution in [-0.2, 0) is 16.1 Å². The Bertz CT molecular complexity index is 824. The zero-order chi connectivity index (χ0) is 17.8. The van der Waals surface area contributed by atoms with Crippen molar-refractivity contribution < 1.29 is 9.59 Å². The monoisotopic (exact) mass is 340 g/mol. The molecule has 25 heavy (non-hydrogen) atoms. The van der Waals surface area contributed by atoms with E-state index in [-0.39, 0.29) is 29.8 Å². The lowest BCUT2D eigenvalue weighted by Crippen LogP contribution is -2.43. The van der Waals surface area contributed by atoms with Gasteiger partial charge >= 0.3 is 0 Å². The van der Waals surface area contributed by atoms with Crippen molar-refractivity contribution in [3.8, 4) is 11.3 Å². The summed E-state index contributed by atoms with van der Waals surface area (Å²) in [7, 11) is 0. The molecule has 0 saturated carbocycles. The van der Waals surface area contributed by atoms with Crippen molar-refractivity contribution in [1.82, 2.24) is 14.5 Å². The summed E-state index contributed by atoms with van der Waals surface area (Å²) in [6.07, 6.45) is 2.54. The summed E-state index contributed by atoms with van der Waals surface area (Å²) in [5.74, 6) is -0.637. The average molecular weight is 340 g/mol. The molecule has 2 heterocycles. The second kappa shape index (κ2) is 7.29. The molecule has 1 aliphatic rings. The molecular weight excluding hydrogens is 320 g/mol. The van der Waals surface area contributed by atoms with Crippen LogP contribution in [0.4, 0.5) is 0 Å². The fourth-order valence-corrected chi connectivity index (χ4v) is 2.97. The summed E-state index contributed by atoms with van der Waals surface area (Å²) in [6.45, 7) is 0.912. The van der Waals surface area contributed by atoms with Crippen LogP contribution < -0.4 is 11.3 Å². The number of aromatic nitrogens is 2. The van der Waals surface area contributed by atoms with Crippen molar-refractivity contribution in [3.05, 3.63) is 53.1 Å². The number of hydrogen-bond donors (Lipinski definition) is 1. The van der Waals surface area contributed by atoms with Gasteiger partial charge in [-0.25, -0.2) is 4.98 Å². The van der Waals surface area contributed by atoms with Gasteiger partial charge in [0.1, 0.15) is 6.54 Å². The van der Waals surface area contributed by atoms with Gasteiger partial charge in [-0.15, -0.1) is 0 Å². The topological polar surface area (TPSA) is 98.3 Å². The molecule has 130 valence electrons. The molecule has 1 fully saturated rings. The van der Waals surface area contributed by atoms with E-state index in [1.165, 1.54) is 17.0 Å². The van der Waals surface area contributed by atoms with E-state index < -0.39 is 0 Å². The van der Waals surface area contributed by atoms with Gasteiger partial charge in [0, 0.05) is 30.6 Å². The summed E-state index contributed by atoms with van der Waals surface area (Å²) in [4.78, 5) is 41.8. The maximum absolute atomic E-state index is 12.4. The van der Waals surface area contributed by atoms with Crippen LogP contribution in [0.15, 0.2) is 47.5 Å². The predicted octanol–water partition coefficient (Wildman–Crippen LogP) is 0.634. The van der Waals surface area contributed by atoms with E-state index in [1.54, 1.807) is 4.90 Å². The molecule has 1 aliphatic heterocycles. The number of piperidine rings is 1. The van der Waals surface area contributed by atoms with Gasteiger partial charge in [0.15, 0.2) is 0 Å². The molecule has 0 atom stereocenters. The first kappa shape index (κ1) is 16.9. The van der Waals surface area contributed by atoms with E-state index in [0.29, 0.717) is 31.6 Å². The first-order valence-corrected chi connectivity index (χ1v) is 8.23. The fraction of sp³-hybridized carbons (Fsp3) is 0.333. The SMILES string of the molecule is NC(=O)C1CCN(C(=O)Cn2cnc(-c3ccccc3)cc2=O)CC1. The van der Waals surface area contributed by atoms with E-state index in [4.69, 9.17) is 5.73 Å². The van der Waals surface area contributed by atoms with Gasteiger partial charge in [-0.1, -0.05) is 30.3 Å². The van der Waals surface area contributed by atoms with Gasteiger partial charge in [-0.2, -0.15) is 0 Å². The van der Waals surface area contributed by atoms with E-state index in [1.807, 2.05) is 30.3 Å².